The summed E-state index contributed by atoms with van der Waals surface area (Å²) >= 11 is 1.38. The van der Waals surface area contributed by atoms with Crippen LogP contribution < -0.4 is 14.8 Å². The Morgan fingerprint density at radius 1 is 1.29 bits per heavy atom. The molecular formula is C16H22N4O3S. The Labute approximate surface area is 145 Å². The van der Waals surface area contributed by atoms with Gasteiger partial charge in [0.1, 0.15) is 5.82 Å². The van der Waals surface area contributed by atoms with Crippen molar-refractivity contribution >= 4 is 17.7 Å². The Morgan fingerprint density at radius 3 is 2.58 bits per heavy atom. The number of hydrogen-bond donors (Lipinski definition) is 1. The van der Waals surface area contributed by atoms with E-state index in [-0.39, 0.29) is 11.2 Å². The molecule has 8 heteroatoms. The number of hydrogen-bond acceptors (Lipinski definition) is 6. The number of methoxy groups -OCH3 is 2. The highest BCUT2D eigenvalue weighted by Gasteiger charge is 2.18. The van der Waals surface area contributed by atoms with Crippen molar-refractivity contribution in [2.24, 2.45) is 7.05 Å². The lowest BCUT2D eigenvalue weighted by molar-refractivity contribution is -0.120. The normalized spacial score (nSPS) is 11.9. The predicted octanol–water partition coefficient (Wildman–Crippen LogP) is 1.94. The third-order valence-corrected chi connectivity index (χ3v) is 4.75. The van der Waals surface area contributed by atoms with Gasteiger partial charge in [-0.2, -0.15) is 0 Å². The van der Waals surface area contributed by atoms with Crippen LogP contribution in [0.15, 0.2) is 23.4 Å². The molecule has 1 aromatic carbocycles. The van der Waals surface area contributed by atoms with Crippen LogP contribution in [0.3, 0.4) is 0 Å². The molecule has 7 nitrogen and oxygen atoms in total. The largest absolute Gasteiger partial charge is 0.493 e. The SMILES string of the molecule is COc1ccc(CNC(=O)[C@@H](C)Sc2nnc(C)n2C)cc1OC. The first-order valence-corrected chi connectivity index (χ1v) is 8.35. The van der Waals surface area contributed by atoms with Gasteiger partial charge in [-0.25, -0.2) is 0 Å². The van der Waals surface area contributed by atoms with Crippen LogP contribution in [0.25, 0.3) is 0 Å². The van der Waals surface area contributed by atoms with Gasteiger partial charge in [0, 0.05) is 13.6 Å². The van der Waals surface area contributed by atoms with Crippen LogP contribution in [0, 0.1) is 6.92 Å². The monoisotopic (exact) mass is 350 g/mol. The Balaban J connectivity index is 1.93. The zero-order chi connectivity index (χ0) is 17.7. The molecule has 0 aliphatic heterocycles. The van der Waals surface area contributed by atoms with Crippen molar-refractivity contribution in [3.63, 3.8) is 0 Å². The van der Waals surface area contributed by atoms with E-state index in [0.29, 0.717) is 18.0 Å². The van der Waals surface area contributed by atoms with Crippen molar-refractivity contribution in [3.05, 3.63) is 29.6 Å². The fraction of sp³-hybridized carbons (Fsp3) is 0.438. The number of benzene rings is 1. The summed E-state index contributed by atoms with van der Waals surface area (Å²) < 4.78 is 12.3. The Bertz CT molecular complexity index is 717. The van der Waals surface area contributed by atoms with Crippen molar-refractivity contribution in [2.45, 2.75) is 30.8 Å². The second-order valence-electron chi connectivity index (χ2n) is 5.26. The second kappa shape index (κ2) is 8.05. The molecule has 1 atom stereocenters. The molecule has 0 aliphatic rings. The van der Waals surface area contributed by atoms with Crippen molar-refractivity contribution in [2.75, 3.05) is 14.2 Å². The molecule has 0 fully saturated rings. The second-order valence-corrected chi connectivity index (χ2v) is 6.56. The molecule has 0 spiro atoms. The van der Waals surface area contributed by atoms with E-state index in [1.54, 1.807) is 14.2 Å². The number of amides is 1. The molecule has 1 heterocycles. The van der Waals surface area contributed by atoms with E-state index >= 15 is 0 Å². The average Bonchev–Trinajstić information content (AvgIpc) is 2.91. The first-order valence-electron chi connectivity index (χ1n) is 7.47. The van der Waals surface area contributed by atoms with Crippen LogP contribution in [0.2, 0.25) is 0 Å². The third-order valence-electron chi connectivity index (χ3n) is 3.62. The van der Waals surface area contributed by atoms with E-state index in [4.69, 9.17) is 9.47 Å². The van der Waals surface area contributed by atoms with Gasteiger partial charge in [-0.15, -0.1) is 10.2 Å². The van der Waals surface area contributed by atoms with Gasteiger partial charge in [-0.05, 0) is 31.5 Å². The topological polar surface area (TPSA) is 78.3 Å². The number of rotatable bonds is 7. The molecule has 0 saturated carbocycles. The molecule has 130 valence electrons. The van der Waals surface area contributed by atoms with Crippen LogP contribution in [0.4, 0.5) is 0 Å². The van der Waals surface area contributed by atoms with Gasteiger partial charge < -0.3 is 19.4 Å². The highest BCUT2D eigenvalue weighted by Crippen LogP contribution is 2.27. The Kier molecular flexibility index (Phi) is 6.08. The maximum atomic E-state index is 12.3. The highest BCUT2D eigenvalue weighted by molar-refractivity contribution is 8.00. The molecule has 0 radical (unpaired) electrons. The highest BCUT2D eigenvalue weighted by atomic mass is 32.2. The van der Waals surface area contributed by atoms with Crippen LogP contribution in [-0.4, -0.2) is 40.1 Å². The standard InChI is InChI=1S/C16H22N4O3S/c1-10(24-16-19-18-11(2)20(16)3)15(21)17-9-12-6-7-13(22-4)14(8-12)23-5/h6-8,10H,9H2,1-5H3,(H,17,21)/t10-/m1/s1. The molecule has 2 rings (SSSR count). The van der Waals surface area contributed by atoms with Crippen molar-refractivity contribution < 1.29 is 14.3 Å². The van der Waals surface area contributed by atoms with E-state index in [2.05, 4.69) is 15.5 Å². The number of carbonyl (C=O) groups is 1. The minimum Gasteiger partial charge on any atom is -0.493 e. The summed E-state index contributed by atoms with van der Waals surface area (Å²) in [6.07, 6.45) is 0. The molecule has 24 heavy (non-hydrogen) atoms. The summed E-state index contributed by atoms with van der Waals surface area (Å²) in [6.45, 7) is 4.14. The fourth-order valence-corrected chi connectivity index (χ4v) is 2.91. The molecule has 0 aliphatic carbocycles. The summed E-state index contributed by atoms with van der Waals surface area (Å²) in [6, 6.07) is 5.56. The minimum absolute atomic E-state index is 0.0598. The van der Waals surface area contributed by atoms with Gasteiger partial charge in [0.05, 0.1) is 19.5 Å². The third kappa shape index (κ3) is 4.19. The lowest BCUT2D eigenvalue weighted by Crippen LogP contribution is -2.30. The van der Waals surface area contributed by atoms with Crippen LogP contribution in [0.5, 0.6) is 11.5 Å². The minimum atomic E-state index is -0.271. The maximum Gasteiger partial charge on any atom is 0.233 e. The average molecular weight is 350 g/mol. The lowest BCUT2D eigenvalue weighted by atomic mass is 10.2. The van der Waals surface area contributed by atoms with Gasteiger partial charge in [-0.3, -0.25) is 4.79 Å². The van der Waals surface area contributed by atoms with Gasteiger partial charge in [0.15, 0.2) is 16.7 Å². The number of aromatic nitrogens is 3. The smallest absolute Gasteiger partial charge is 0.233 e. The molecule has 0 saturated heterocycles. The fourth-order valence-electron chi connectivity index (χ4n) is 2.03. The Hall–Kier alpha value is -2.22. The van der Waals surface area contributed by atoms with Gasteiger partial charge >= 0.3 is 0 Å². The van der Waals surface area contributed by atoms with Crippen LogP contribution >= 0.6 is 11.8 Å². The van der Waals surface area contributed by atoms with Crippen molar-refractivity contribution in [1.82, 2.24) is 20.1 Å². The summed E-state index contributed by atoms with van der Waals surface area (Å²) in [4.78, 5) is 12.3. The van der Waals surface area contributed by atoms with Gasteiger partial charge in [-0.1, -0.05) is 17.8 Å². The number of thioether (sulfide) groups is 1. The molecular weight excluding hydrogens is 328 g/mol. The van der Waals surface area contributed by atoms with E-state index in [1.165, 1.54) is 11.8 Å². The van der Waals surface area contributed by atoms with E-state index < -0.39 is 0 Å². The van der Waals surface area contributed by atoms with Crippen molar-refractivity contribution in [1.29, 1.82) is 0 Å². The Morgan fingerprint density at radius 2 is 2.00 bits per heavy atom. The van der Waals surface area contributed by atoms with Gasteiger partial charge in [0.25, 0.3) is 0 Å². The zero-order valence-corrected chi connectivity index (χ0v) is 15.3. The first-order chi connectivity index (χ1) is 11.5. The molecule has 0 bridgehead atoms. The molecule has 0 unspecified atom stereocenters. The van der Waals surface area contributed by atoms with Crippen LogP contribution in [0.1, 0.15) is 18.3 Å². The zero-order valence-electron chi connectivity index (χ0n) is 14.5. The van der Waals surface area contributed by atoms with Crippen LogP contribution in [-0.2, 0) is 18.4 Å². The predicted molar refractivity (Wildman–Crippen MR) is 92.5 cm³/mol. The first kappa shape index (κ1) is 18.1. The number of nitrogens with zero attached hydrogens (tertiary/aromatic N) is 3. The molecule has 1 aromatic heterocycles. The van der Waals surface area contributed by atoms with E-state index in [1.807, 2.05) is 43.7 Å². The molecule has 2 aromatic rings. The maximum absolute atomic E-state index is 12.3. The van der Waals surface area contributed by atoms with E-state index in [0.717, 1.165) is 16.5 Å². The number of nitrogens with one attached hydrogen (secondary N) is 1. The summed E-state index contributed by atoms with van der Waals surface area (Å²) in [7, 11) is 5.06. The molecule has 1 N–H and O–H groups in total. The summed E-state index contributed by atoms with van der Waals surface area (Å²) in [5.74, 6) is 2.06. The molecule has 1 amide bonds. The summed E-state index contributed by atoms with van der Waals surface area (Å²) in [5.41, 5.74) is 0.938. The number of ether oxygens (including phenoxy) is 2. The quantitative estimate of drug-likeness (QED) is 0.769. The van der Waals surface area contributed by atoms with E-state index in [9.17, 15) is 4.79 Å². The van der Waals surface area contributed by atoms with Gasteiger partial charge in [0.2, 0.25) is 5.91 Å². The number of carbonyl (C=O) groups excluding carboxylic acids is 1. The number of aryl methyl sites for hydroxylation is 1. The van der Waals surface area contributed by atoms with Crippen molar-refractivity contribution in [3.8, 4) is 11.5 Å². The summed E-state index contributed by atoms with van der Waals surface area (Å²) in [5, 5.41) is 11.4. The lowest BCUT2D eigenvalue weighted by Gasteiger charge is -2.13.